The van der Waals surface area contributed by atoms with E-state index in [-0.39, 0.29) is 4.90 Å². The molecular formula is C11H12F4N2O3S. The third-order valence-corrected chi connectivity index (χ3v) is 3.78. The molecular weight excluding hydrogens is 316 g/mol. The Hall–Kier alpha value is -1.68. The van der Waals surface area contributed by atoms with Gasteiger partial charge < -0.3 is 11.1 Å². The number of sulfone groups is 1. The molecule has 1 aromatic carbocycles. The molecule has 0 spiro atoms. The summed E-state index contributed by atoms with van der Waals surface area (Å²) in [4.78, 5) is 11.2. The van der Waals surface area contributed by atoms with E-state index < -0.39 is 39.0 Å². The van der Waals surface area contributed by atoms with Crippen LogP contribution in [0.25, 0.3) is 0 Å². The maximum atomic E-state index is 13.5. The van der Waals surface area contributed by atoms with Crippen molar-refractivity contribution in [3.8, 4) is 0 Å². The molecule has 1 amide bonds. The van der Waals surface area contributed by atoms with E-state index >= 15 is 0 Å². The number of rotatable bonds is 3. The quantitative estimate of drug-likeness (QED) is 0.649. The summed E-state index contributed by atoms with van der Waals surface area (Å²) in [5, 5.41) is 1.65. The van der Waals surface area contributed by atoms with Crippen LogP contribution in [0.2, 0.25) is 0 Å². The number of carbonyl (C=O) groups is 1. The highest BCUT2D eigenvalue weighted by Crippen LogP contribution is 2.29. The summed E-state index contributed by atoms with van der Waals surface area (Å²) in [6.07, 6.45) is -4.23. The molecule has 0 saturated heterocycles. The van der Waals surface area contributed by atoms with Gasteiger partial charge in [0, 0.05) is 6.26 Å². The molecule has 0 aromatic heterocycles. The summed E-state index contributed by atoms with van der Waals surface area (Å²) in [7, 11) is -3.71. The van der Waals surface area contributed by atoms with E-state index in [0.29, 0.717) is 13.0 Å². The van der Waals surface area contributed by atoms with Gasteiger partial charge in [0.05, 0.1) is 10.6 Å². The highest BCUT2D eigenvalue weighted by atomic mass is 32.2. The molecule has 1 rings (SSSR count). The summed E-state index contributed by atoms with van der Waals surface area (Å²) < 4.78 is 73.8. The Labute approximate surface area is 118 Å². The number of nitrogens with one attached hydrogen (secondary N) is 1. The minimum atomic E-state index is -5.05. The maximum absolute atomic E-state index is 13.5. The van der Waals surface area contributed by atoms with Crippen LogP contribution in [0.4, 0.5) is 23.2 Å². The lowest BCUT2D eigenvalue weighted by Gasteiger charge is -2.26. The largest absolute Gasteiger partial charge is 0.415 e. The first-order valence-corrected chi connectivity index (χ1v) is 7.32. The predicted octanol–water partition coefficient (Wildman–Crippen LogP) is 1.45. The maximum Gasteiger partial charge on any atom is 0.415 e. The van der Waals surface area contributed by atoms with Crippen LogP contribution in [0.3, 0.4) is 0 Å². The van der Waals surface area contributed by atoms with Gasteiger partial charge in [0.2, 0.25) is 0 Å². The molecule has 10 heteroatoms. The number of carbonyl (C=O) groups excluding carboxylic acids is 1. The Bertz CT molecular complexity index is 669. The average molecular weight is 328 g/mol. The van der Waals surface area contributed by atoms with Crippen LogP contribution in [-0.2, 0) is 14.6 Å². The minimum Gasteiger partial charge on any atom is -0.322 e. The Morgan fingerprint density at radius 2 is 1.81 bits per heavy atom. The van der Waals surface area contributed by atoms with Crippen LogP contribution in [0.5, 0.6) is 0 Å². The van der Waals surface area contributed by atoms with Crippen molar-refractivity contribution in [1.29, 1.82) is 0 Å². The van der Waals surface area contributed by atoms with Crippen molar-refractivity contribution >= 4 is 21.4 Å². The predicted molar refractivity (Wildman–Crippen MR) is 66.8 cm³/mol. The molecule has 0 saturated carbocycles. The molecule has 0 heterocycles. The van der Waals surface area contributed by atoms with Gasteiger partial charge in [0.1, 0.15) is 5.82 Å². The lowest BCUT2D eigenvalue weighted by atomic mass is 10.0. The van der Waals surface area contributed by atoms with Crippen molar-refractivity contribution in [2.75, 3.05) is 11.6 Å². The van der Waals surface area contributed by atoms with E-state index in [1.807, 2.05) is 0 Å². The van der Waals surface area contributed by atoms with Crippen molar-refractivity contribution in [2.24, 2.45) is 5.73 Å². The van der Waals surface area contributed by atoms with Gasteiger partial charge in [-0.15, -0.1) is 0 Å². The first-order valence-electron chi connectivity index (χ1n) is 5.43. The van der Waals surface area contributed by atoms with E-state index in [4.69, 9.17) is 5.73 Å². The molecule has 5 nitrogen and oxygen atoms in total. The smallest absolute Gasteiger partial charge is 0.322 e. The molecule has 0 aliphatic heterocycles. The molecule has 0 fully saturated rings. The molecule has 0 radical (unpaired) electrons. The second-order valence-electron chi connectivity index (χ2n) is 4.57. The van der Waals surface area contributed by atoms with Crippen molar-refractivity contribution in [1.82, 2.24) is 0 Å². The second kappa shape index (κ2) is 5.26. The van der Waals surface area contributed by atoms with E-state index in [0.717, 1.165) is 18.4 Å². The molecule has 1 aromatic rings. The summed E-state index contributed by atoms with van der Waals surface area (Å²) in [6, 6.07) is 2.36. The number of alkyl halides is 3. The van der Waals surface area contributed by atoms with Gasteiger partial charge >= 0.3 is 6.18 Å². The number of anilines is 1. The third-order valence-electron chi connectivity index (χ3n) is 2.67. The topological polar surface area (TPSA) is 89.3 Å². The Morgan fingerprint density at radius 1 is 1.29 bits per heavy atom. The van der Waals surface area contributed by atoms with Crippen LogP contribution < -0.4 is 11.1 Å². The van der Waals surface area contributed by atoms with Crippen LogP contribution in [0.15, 0.2) is 23.1 Å². The number of hydrogen-bond acceptors (Lipinski definition) is 4. The van der Waals surface area contributed by atoms with Gasteiger partial charge in [-0.2, -0.15) is 13.2 Å². The Kier molecular flexibility index (Phi) is 4.35. The van der Waals surface area contributed by atoms with Gasteiger partial charge in [-0.3, -0.25) is 4.79 Å². The fraction of sp³-hybridized carbons (Fsp3) is 0.364. The minimum absolute atomic E-state index is 0.357. The number of halogens is 4. The molecule has 0 aliphatic rings. The number of amides is 1. The molecule has 1 atom stereocenters. The summed E-state index contributed by atoms with van der Waals surface area (Å²) in [6.45, 7) is 0.417. The van der Waals surface area contributed by atoms with Crippen molar-refractivity contribution in [3.05, 3.63) is 24.0 Å². The molecule has 1 unspecified atom stereocenters. The summed E-state index contributed by atoms with van der Waals surface area (Å²) >= 11 is 0. The first-order chi connectivity index (χ1) is 9.26. The standard InChI is InChI=1S/C11H12F4N2O3S/c1-10(16,11(13,14)15)9(18)17-8-5-6(21(2,19)20)3-4-7(8)12/h3-5H,16H2,1-2H3,(H,17,18). The van der Waals surface area contributed by atoms with Crippen LogP contribution in [-0.4, -0.2) is 32.3 Å². The van der Waals surface area contributed by atoms with E-state index in [1.165, 1.54) is 0 Å². The lowest BCUT2D eigenvalue weighted by Crippen LogP contribution is -2.59. The van der Waals surface area contributed by atoms with Crippen molar-refractivity contribution in [3.63, 3.8) is 0 Å². The highest BCUT2D eigenvalue weighted by Gasteiger charge is 2.54. The fourth-order valence-electron chi connectivity index (χ4n) is 1.21. The third kappa shape index (κ3) is 3.70. The van der Waals surface area contributed by atoms with E-state index in [1.54, 1.807) is 5.32 Å². The van der Waals surface area contributed by atoms with E-state index in [2.05, 4.69) is 0 Å². The lowest BCUT2D eigenvalue weighted by molar-refractivity contribution is -0.184. The molecule has 3 N–H and O–H groups in total. The van der Waals surface area contributed by atoms with Gasteiger partial charge in [-0.05, 0) is 25.1 Å². The van der Waals surface area contributed by atoms with Gasteiger partial charge in [0.25, 0.3) is 5.91 Å². The van der Waals surface area contributed by atoms with Gasteiger partial charge in [-0.25, -0.2) is 12.8 Å². The van der Waals surface area contributed by atoms with Crippen LogP contribution in [0.1, 0.15) is 6.92 Å². The van der Waals surface area contributed by atoms with Crippen LogP contribution in [0, 0.1) is 5.82 Å². The summed E-state index contributed by atoms with van der Waals surface area (Å²) in [5.74, 6) is -2.80. The number of benzene rings is 1. The Morgan fingerprint density at radius 3 is 2.24 bits per heavy atom. The molecule has 0 aliphatic carbocycles. The second-order valence-corrected chi connectivity index (χ2v) is 6.58. The SMILES string of the molecule is CC(N)(C(=O)Nc1cc(S(C)(=O)=O)ccc1F)C(F)(F)F. The van der Waals surface area contributed by atoms with Crippen molar-refractivity contribution in [2.45, 2.75) is 23.5 Å². The molecule has 118 valence electrons. The molecule has 0 bridgehead atoms. The van der Waals surface area contributed by atoms with Gasteiger partial charge in [-0.1, -0.05) is 0 Å². The number of hydrogen-bond donors (Lipinski definition) is 2. The Balaban J connectivity index is 3.18. The van der Waals surface area contributed by atoms with Gasteiger partial charge in [0.15, 0.2) is 15.4 Å². The zero-order valence-electron chi connectivity index (χ0n) is 11.0. The average Bonchev–Trinajstić information content (AvgIpc) is 2.28. The zero-order chi connectivity index (χ0) is 16.6. The molecule has 21 heavy (non-hydrogen) atoms. The summed E-state index contributed by atoms with van der Waals surface area (Å²) in [5.41, 5.74) is 0.927. The first kappa shape index (κ1) is 17.4. The number of nitrogens with two attached hydrogens (primary N) is 1. The van der Waals surface area contributed by atoms with E-state index in [9.17, 15) is 30.8 Å². The monoisotopic (exact) mass is 328 g/mol. The highest BCUT2D eigenvalue weighted by molar-refractivity contribution is 7.90. The zero-order valence-corrected chi connectivity index (χ0v) is 11.8. The van der Waals surface area contributed by atoms with Crippen LogP contribution >= 0.6 is 0 Å². The van der Waals surface area contributed by atoms with Crippen molar-refractivity contribution < 1.29 is 30.8 Å². The fourth-order valence-corrected chi connectivity index (χ4v) is 1.86. The normalized spacial score (nSPS) is 15.4.